The number of aryl methyl sites for hydroxylation is 2. The minimum absolute atomic E-state index is 0.217. The van der Waals surface area contributed by atoms with Gasteiger partial charge in [-0.3, -0.25) is 4.40 Å². The molecule has 0 bridgehead atoms. The molecule has 3 rings (SSSR count). The van der Waals surface area contributed by atoms with Crippen LogP contribution in [-0.4, -0.2) is 32.7 Å². The SMILES string of the molecule is COC(=O)c1occc1CSc1nnc2nc(C)cc(C)n12. The van der Waals surface area contributed by atoms with Gasteiger partial charge in [0.2, 0.25) is 5.76 Å². The van der Waals surface area contributed by atoms with Crippen LogP contribution in [0.1, 0.15) is 27.5 Å². The molecule has 8 heteroatoms. The second kappa shape index (κ2) is 5.80. The Morgan fingerprint density at radius 1 is 1.41 bits per heavy atom. The van der Waals surface area contributed by atoms with Crippen LogP contribution in [0.3, 0.4) is 0 Å². The third-order valence-corrected chi connectivity index (χ3v) is 4.12. The Morgan fingerprint density at radius 2 is 2.23 bits per heavy atom. The maximum absolute atomic E-state index is 11.6. The van der Waals surface area contributed by atoms with Gasteiger partial charge in [-0.25, -0.2) is 9.78 Å². The molecule has 0 saturated carbocycles. The summed E-state index contributed by atoms with van der Waals surface area (Å²) in [5.74, 6) is 0.824. The number of hydrogen-bond donors (Lipinski definition) is 0. The normalized spacial score (nSPS) is 11.0. The number of hydrogen-bond acceptors (Lipinski definition) is 7. The number of thioether (sulfide) groups is 1. The maximum atomic E-state index is 11.6. The van der Waals surface area contributed by atoms with Gasteiger partial charge in [0.1, 0.15) is 0 Å². The zero-order valence-corrected chi connectivity index (χ0v) is 13.2. The van der Waals surface area contributed by atoms with Crippen molar-refractivity contribution < 1.29 is 13.9 Å². The van der Waals surface area contributed by atoms with Gasteiger partial charge >= 0.3 is 5.97 Å². The van der Waals surface area contributed by atoms with Gasteiger partial charge in [-0.1, -0.05) is 11.8 Å². The molecule has 0 aliphatic carbocycles. The van der Waals surface area contributed by atoms with Crippen molar-refractivity contribution >= 4 is 23.5 Å². The number of furan rings is 1. The van der Waals surface area contributed by atoms with Crippen molar-refractivity contribution in [1.82, 2.24) is 19.6 Å². The summed E-state index contributed by atoms with van der Waals surface area (Å²) in [7, 11) is 1.32. The quantitative estimate of drug-likeness (QED) is 0.539. The molecular formula is C14H14N4O3S. The third-order valence-electron chi connectivity index (χ3n) is 3.14. The summed E-state index contributed by atoms with van der Waals surface area (Å²) in [6, 6.07) is 3.72. The maximum Gasteiger partial charge on any atom is 0.374 e. The van der Waals surface area contributed by atoms with Gasteiger partial charge in [0, 0.05) is 22.7 Å². The lowest BCUT2D eigenvalue weighted by Crippen LogP contribution is -2.02. The highest BCUT2D eigenvalue weighted by Gasteiger charge is 2.17. The fourth-order valence-corrected chi connectivity index (χ4v) is 3.12. The zero-order chi connectivity index (χ0) is 15.7. The Labute approximate surface area is 130 Å². The number of nitrogens with zero attached hydrogens (tertiary/aromatic N) is 4. The number of carbonyl (C=O) groups excluding carboxylic acids is 1. The van der Waals surface area contributed by atoms with Crippen molar-refractivity contribution in [3.63, 3.8) is 0 Å². The summed E-state index contributed by atoms with van der Waals surface area (Å²) in [6.07, 6.45) is 1.47. The molecule has 0 spiro atoms. The van der Waals surface area contributed by atoms with Gasteiger partial charge < -0.3 is 9.15 Å². The molecule has 0 aliphatic rings. The highest BCUT2D eigenvalue weighted by Crippen LogP contribution is 2.25. The predicted molar refractivity (Wildman–Crippen MR) is 79.9 cm³/mol. The number of carbonyl (C=O) groups is 1. The van der Waals surface area contributed by atoms with E-state index in [9.17, 15) is 4.79 Å². The van der Waals surface area contributed by atoms with Gasteiger partial charge in [-0.2, -0.15) is 0 Å². The van der Waals surface area contributed by atoms with Gasteiger partial charge in [0.25, 0.3) is 5.78 Å². The van der Waals surface area contributed by atoms with Gasteiger partial charge in [0.05, 0.1) is 13.4 Å². The van der Waals surface area contributed by atoms with E-state index in [-0.39, 0.29) is 5.76 Å². The summed E-state index contributed by atoms with van der Waals surface area (Å²) in [4.78, 5) is 15.9. The molecular weight excluding hydrogens is 304 g/mol. The monoisotopic (exact) mass is 318 g/mol. The smallest absolute Gasteiger partial charge is 0.374 e. The molecule has 0 unspecified atom stereocenters. The van der Waals surface area contributed by atoms with Gasteiger partial charge in [-0.05, 0) is 26.0 Å². The zero-order valence-electron chi connectivity index (χ0n) is 12.4. The first-order valence-corrected chi connectivity index (χ1v) is 7.55. The molecule has 0 aliphatic heterocycles. The summed E-state index contributed by atoms with van der Waals surface area (Å²) in [6.45, 7) is 3.90. The van der Waals surface area contributed by atoms with Crippen molar-refractivity contribution in [3.05, 3.63) is 41.1 Å². The molecule has 0 aromatic carbocycles. The van der Waals surface area contributed by atoms with E-state index >= 15 is 0 Å². The van der Waals surface area contributed by atoms with E-state index in [1.807, 2.05) is 24.3 Å². The number of ether oxygens (including phenoxy) is 1. The molecule has 3 heterocycles. The standard InChI is InChI=1S/C14H14N4O3S/c1-8-6-9(2)18-13(15-8)16-17-14(18)22-7-10-4-5-21-11(10)12(19)20-3/h4-6H,7H2,1-3H3. The number of rotatable bonds is 4. The van der Waals surface area contributed by atoms with Crippen LogP contribution in [0, 0.1) is 13.8 Å². The average Bonchev–Trinajstić information content (AvgIpc) is 3.10. The fourth-order valence-electron chi connectivity index (χ4n) is 2.16. The molecule has 0 N–H and O–H groups in total. The summed E-state index contributed by atoms with van der Waals surface area (Å²) in [5, 5.41) is 8.96. The van der Waals surface area contributed by atoms with Crippen LogP contribution in [-0.2, 0) is 10.5 Å². The lowest BCUT2D eigenvalue weighted by atomic mass is 10.3. The number of methoxy groups -OCH3 is 1. The minimum Gasteiger partial charge on any atom is -0.463 e. The van der Waals surface area contributed by atoms with Crippen LogP contribution in [0.2, 0.25) is 0 Å². The second-order valence-electron chi connectivity index (χ2n) is 4.71. The Hall–Kier alpha value is -2.35. The predicted octanol–water partition coefficient (Wildman–Crippen LogP) is 2.41. The molecule has 3 aromatic heterocycles. The fraction of sp³-hybridized carbons (Fsp3) is 0.286. The lowest BCUT2D eigenvalue weighted by Gasteiger charge is -2.04. The molecule has 7 nitrogen and oxygen atoms in total. The Balaban J connectivity index is 1.86. The largest absolute Gasteiger partial charge is 0.463 e. The Morgan fingerprint density at radius 3 is 3.00 bits per heavy atom. The molecule has 22 heavy (non-hydrogen) atoms. The number of fused-ring (bicyclic) bond motifs is 1. The first-order valence-electron chi connectivity index (χ1n) is 6.57. The van der Waals surface area contributed by atoms with E-state index in [1.54, 1.807) is 6.07 Å². The third kappa shape index (κ3) is 2.57. The highest BCUT2D eigenvalue weighted by molar-refractivity contribution is 7.98. The van der Waals surface area contributed by atoms with Crippen molar-refractivity contribution in [1.29, 1.82) is 0 Å². The van der Waals surface area contributed by atoms with E-state index in [2.05, 4.69) is 19.9 Å². The van der Waals surface area contributed by atoms with E-state index in [4.69, 9.17) is 4.42 Å². The molecule has 0 radical (unpaired) electrons. The van der Waals surface area contributed by atoms with Crippen LogP contribution in [0.15, 0.2) is 28.0 Å². The topological polar surface area (TPSA) is 82.5 Å². The molecule has 3 aromatic rings. The van der Waals surface area contributed by atoms with E-state index < -0.39 is 5.97 Å². The highest BCUT2D eigenvalue weighted by atomic mass is 32.2. The molecule has 0 fully saturated rings. The van der Waals surface area contributed by atoms with Crippen LogP contribution in [0.4, 0.5) is 0 Å². The van der Waals surface area contributed by atoms with Gasteiger partial charge in [0.15, 0.2) is 5.16 Å². The first kappa shape index (κ1) is 14.6. The molecule has 0 saturated heterocycles. The van der Waals surface area contributed by atoms with E-state index in [0.717, 1.165) is 22.1 Å². The summed E-state index contributed by atoms with van der Waals surface area (Å²) >= 11 is 1.46. The Bertz CT molecular complexity index is 840. The van der Waals surface area contributed by atoms with Crippen molar-refractivity contribution in [2.75, 3.05) is 7.11 Å². The summed E-state index contributed by atoms with van der Waals surface area (Å²) in [5.41, 5.74) is 2.67. The van der Waals surface area contributed by atoms with Crippen LogP contribution in [0.5, 0.6) is 0 Å². The van der Waals surface area contributed by atoms with Crippen molar-refractivity contribution in [2.24, 2.45) is 0 Å². The first-order chi connectivity index (χ1) is 10.6. The molecule has 0 amide bonds. The lowest BCUT2D eigenvalue weighted by molar-refractivity contribution is 0.0564. The minimum atomic E-state index is -0.486. The molecule has 0 atom stereocenters. The summed E-state index contributed by atoms with van der Waals surface area (Å²) < 4.78 is 11.7. The average molecular weight is 318 g/mol. The van der Waals surface area contributed by atoms with Crippen LogP contribution >= 0.6 is 11.8 Å². The van der Waals surface area contributed by atoms with Crippen molar-refractivity contribution in [2.45, 2.75) is 24.8 Å². The van der Waals surface area contributed by atoms with E-state index in [1.165, 1.54) is 25.1 Å². The molecule has 114 valence electrons. The number of aromatic nitrogens is 4. The number of esters is 1. The second-order valence-corrected chi connectivity index (χ2v) is 5.65. The Kier molecular flexibility index (Phi) is 3.84. The van der Waals surface area contributed by atoms with Crippen LogP contribution < -0.4 is 0 Å². The van der Waals surface area contributed by atoms with Crippen LogP contribution in [0.25, 0.3) is 5.78 Å². The van der Waals surface area contributed by atoms with E-state index in [0.29, 0.717) is 11.5 Å². The van der Waals surface area contributed by atoms with Gasteiger partial charge in [-0.15, -0.1) is 10.2 Å². The van der Waals surface area contributed by atoms with Crippen molar-refractivity contribution in [3.8, 4) is 0 Å².